The van der Waals surface area contributed by atoms with Crippen molar-refractivity contribution in [1.29, 1.82) is 0 Å². The Bertz CT molecular complexity index is 406. The van der Waals surface area contributed by atoms with Crippen LogP contribution in [0.3, 0.4) is 0 Å². The normalized spacial score (nSPS) is 28.1. The molecule has 1 aliphatic rings. The van der Waals surface area contributed by atoms with Gasteiger partial charge in [-0.3, -0.25) is 0 Å². The fourth-order valence-corrected chi connectivity index (χ4v) is 3.19. The maximum absolute atomic E-state index is 6.34. The summed E-state index contributed by atoms with van der Waals surface area (Å²) in [4.78, 5) is 0. The van der Waals surface area contributed by atoms with Crippen LogP contribution in [-0.4, -0.2) is 6.04 Å². The van der Waals surface area contributed by atoms with E-state index in [4.69, 9.17) is 5.73 Å². The molecule has 1 fully saturated rings. The third-order valence-corrected chi connectivity index (χ3v) is 4.27. The molecule has 0 saturated heterocycles. The molecule has 0 radical (unpaired) electrons. The van der Waals surface area contributed by atoms with Gasteiger partial charge in [0.15, 0.2) is 0 Å². The summed E-state index contributed by atoms with van der Waals surface area (Å²) in [5, 5.41) is 0. The Morgan fingerprint density at radius 1 is 1.24 bits per heavy atom. The van der Waals surface area contributed by atoms with Gasteiger partial charge in [0, 0.05) is 6.04 Å². The third kappa shape index (κ3) is 2.71. The van der Waals surface area contributed by atoms with E-state index in [0.717, 1.165) is 6.42 Å². The second-order valence-electron chi connectivity index (χ2n) is 6.54. The predicted molar refractivity (Wildman–Crippen MR) is 74.3 cm³/mol. The van der Waals surface area contributed by atoms with Crippen molar-refractivity contribution in [3.63, 3.8) is 0 Å². The predicted octanol–water partition coefficient (Wildman–Crippen LogP) is 3.92. The Balaban J connectivity index is 2.31. The Labute approximate surface area is 105 Å². The van der Waals surface area contributed by atoms with Crippen LogP contribution in [0, 0.1) is 19.3 Å². The molecule has 1 saturated carbocycles. The number of hydrogen-bond acceptors (Lipinski definition) is 1. The highest BCUT2D eigenvalue weighted by Crippen LogP contribution is 2.43. The SMILES string of the molecule is Cc1ccc(C2CC(C)(C)CCC2N)c(C)c1. The van der Waals surface area contributed by atoms with Crippen LogP contribution in [-0.2, 0) is 0 Å². The van der Waals surface area contributed by atoms with E-state index in [1.807, 2.05) is 0 Å². The summed E-state index contributed by atoms with van der Waals surface area (Å²) in [5.41, 5.74) is 11.0. The largest absolute Gasteiger partial charge is 0.327 e. The summed E-state index contributed by atoms with van der Waals surface area (Å²) in [6.07, 6.45) is 3.64. The first kappa shape index (κ1) is 12.6. The van der Waals surface area contributed by atoms with Gasteiger partial charge in [-0.05, 0) is 55.6 Å². The molecule has 1 heteroatoms. The number of rotatable bonds is 1. The maximum atomic E-state index is 6.34. The van der Waals surface area contributed by atoms with Gasteiger partial charge in [0.25, 0.3) is 0 Å². The second-order valence-corrected chi connectivity index (χ2v) is 6.54. The summed E-state index contributed by atoms with van der Waals surface area (Å²) < 4.78 is 0. The molecule has 17 heavy (non-hydrogen) atoms. The molecule has 0 heterocycles. The zero-order valence-electron chi connectivity index (χ0n) is 11.6. The molecule has 2 N–H and O–H groups in total. The molecule has 1 nitrogen and oxygen atoms in total. The van der Waals surface area contributed by atoms with Gasteiger partial charge in [0.2, 0.25) is 0 Å². The van der Waals surface area contributed by atoms with Crippen molar-refractivity contribution in [2.24, 2.45) is 11.1 Å². The van der Waals surface area contributed by atoms with E-state index in [9.17, 15) is 0 Å². The first-order chi connectivity index (χ1) is 7.89. The lowest BCUT2D eigenvalue weighted by Gasteiger charge is -2.40. The number of benzene rings is 1. The lowest BCUT2D eigenvalue weighted by atomic mass is 9.67. The number of nitrogens with two attached hydrogens (primary N) is 1. The van der Waals surface area contributed by atoms with Gasteiger partial charge < -0.3 is 5.73 Å². The molecule has 94 valence electrons. The Kier molecular flexibility index (Phi) is 3.31. The van der Waals surface area contributed by atoms with E-state index >= 15 is 0 Å². The number of aryl methyl sites for hydroxylation is 2. The van der Waals surface area contributed by atoms with Crippen molar-refractivity contribution in [2.75, 3.05) is 0 Å². The zero-order chi connectivity index (χ0) is 12.6. The van der Waals surface area contributed by atoms with Crippen LogP contribution >= 0.6 is 0 Å². The van der Waals surface area contributed by atoms with Crippen molar-refractivity contribution in [3.05, 3.63) is 34.9 Å². The Morgan fingerprint density at radius 3 is 2.59 bits per heavy atom. The molecule has 2 atom stereocenters. The van der Waals surface area contributed by atoms with Crippen LogP contribution in [0.2, 0.25) is 0 Å². The summed E-state index contributed by atoms with van der Waals surface area (Å²) >= 11 is 0. The first-order valence-electron chi connectivity index (χ1n) is 6.72. The van der Waals surface area contributed by atoms with Crippen LogP contribution < -0.4 is 5.73 Å². The number of hydrogen-bond donors (Lipinski definition) is 1. The highest BCUT2D eigenvalue weighted by molar-refractivity contribution is 5.34. The van der Waals surface area contributed by atoms with Crippen LogP contribution in [0.1, 0.15) is 55.7 Å². The highest BCUT2D eigenvalue weighted by atomic mass is 14.7. The Morgan fingerprint density at radius 2 is 1.94 bits per heavy atom. The average molecular weight is 231 g/mol. The summed E-state index contributed by atoms with van der Waals surface area (Å²) in [6, 6.07) is 7.13. The van der Waals surface area contributed by atoms with Crippen LogP contribution in [0.15, 0.2) is 18.2 Å². The fourth-order valence-electron chi connectivity index (χ4n) is 3.19. The van der Waals surface area contributed by atoms with Gasteiger partial charge in [0.05, 0.1) is 0 Å². The topological polar surface area (TPSA) is 26.0 Å². The molecule has 1 aromatic carbocycles. The minimum absolute atomic E-state index is 0.337. The zero-order valence-corrected chi connectivity index (χ0v) is 11.6. The van der Waals surface area contributed by atoms with E-state index in [0.29, 0.717) is 17.4 Å². The van der Waals surface area contributed by atoms with Gasteiger partial charge in [-0.1, -0.05) is 37.6 Å². The lowest BCUT2D eigenvalue weighted by Crippen LogP contribution is -2.38. The van der Waals surface area contributed by atoms with Gasteiger partial charge >= 0.3 is 0 Å². The second kappa shape index (κ2) is 4.45. The summed E-state index contributed by atoms with van der Waals surface area (Å²) in [5.74, 6) is 0.541. The molecular weight excluding hydrogens is 206 g/mol. The van der Waals surface area contributed by atoms with Gasteiger partial charge in [0.1, 0.15) is 0 Å². The summed E-state index contributed by atoms with van der Waals surface area (Å²) in [7, 11) is 0. The van der Waals surface area contributed by atoms with E-state index in [2.05, 4.69) is 45.9 Å². The quantitative estimate of drug-likeness (QED) is 0.778. The molecule has 0 spiro atoms. The fraction of sp³-hybridized carbons (Fsp3) is 0.625. The van der Waals surface area contributed by atoms with Crippen LogP contribution in [0.5, 0.6) is 0 Å². The minimum atomic E-state index is 0.337. The van der Waals surface area contributed by atoms with Crippen molar-refractivity contribution < 1.29 is 0 Å². The Hall–Kier alpha value is -0.820. The molecule has 0 amide bonds. The van der Waals surface area contributed by atoms with E-state index in [-0.39, 0.29) is 0 Å². The van der Waals surface area contributed by atoms with Crippen molar-refractivity contribution in [2.45, 2.75) is 58.9 Å². The molecule has 0 aliphatic heterocycles. The van der Waals surface area contributed by atoms with Gasteiger partial charge in [-0.15, -0.1) is 0 Å². The molecule has 0 bridgehead atoms. The van der Waals surface area contributed by atoms with Crippen LogP contribution in [0.25, 0.3) is 0 Å². The third-order valence-electron chi connectivity index (χ3n) is 4.27. The average Bonchev–Trinajstić information content (AvgIpc) is 2.22. The molecular formula is C16H25N. The first-order valence-corrected chi connectivity index (χ1v) is 6.72. The minimum Gasteiger partial charge on any atom is -0.327 e. The van der Waals surface area contributed by atoms with E-state index in [1.54, 1.807) is 0 Å². The van der Waals surface area contributed by atoms with Crippen molar-refractivity contribution in [3.8, 4) is 0 Å². The van der Waals surface area contributed by atoms with Crippen molar-refractivity contribution in [1.82, 2.24) is 0 Å². The lowest BCUT2D eigenvalue weighted by molar-refractivity contribution is 0.198. The van der Waals surface area contributed by atoms with Gasteiger partial charge in [-0.25, -0.2) is 0 Å². The monoisotopic (exact) mass is 231 g/mol. The van der Waals surface area contributed by atoms with Crippen LogP contribution in [0.4, 0.5) is 0 Å². The van der Waals surface area contributed by atoms with Crippen molar-refractivity contribution >= 4 is 0 Å². The molecule has 1 aromatic rings. The maximum Gasteiger partial charge on any atom is 0.0108 e. The molecule has 2 unspecified atom stereocenters. The highest BCUT2D eigenvalue weighted by Gasteiger charge is 2.34. The van der Waals surface area contributed by atoms with Gasteiger partial charge in [-0.2, -0.15) is 0 Å². The smallest absolute Gasteiger partial charge is 0.0108 e. The van der Waals surface area contributed by atoms with E-state index in [1.165, 1.54) is 29.5 Å². The van der Waals surface area contributed by atoms with E-state index < -0.39 is 0 Å². The molecule has 0 aromatic heterocycles. The molecule has 2 rings (SSSR count). The molecule has 1 aliphatic carbocycles. The standard InChI is InChI=1S/C16H25N/c1-11-5-6-13(12(2)9-11)14-10-16(3,4)8-7-15(14)17/h5-6,9,14-15H,7-8,10,17H2,1-4H3. The summed E-state index contributed by atoms with van der Waals surface area (Å²) in [6.45, 7) is 9.11.